The number of benzene rings is 2. The maximum atomic E-state index is 13.8. The second kappa shape index (κ2) is 7.01. The number of aryl methyl sites for hydroxylation is 1. The summed E-state index contributed by atoms with van der Waals surface area (Å²) in [5.41, 5.74) is 1.64. The first-order chi connectivity index (χ1) is 12.0. The van der Waals surface area contributed by atoms with Gasteiger partial charge in [-0.2, -0.15) is 0 Å². The molecule has 2 N–H and O–H groups in total. The molecule has 4 nitrogen and oxygen atoms in total. The summed E-state index contributed by atoms with van der Waals surface area (Å²) in [6.07, 6.45) is 0.596. The average Bonchev–Trinajstić information content (AvgIpc) is 2.58. The number of amides is 2. The Morgan fingerprint density at radius 1 is 1.20 bits per heavy atom. The van der Waals surface area contributed by atoms with Gasteiger partial charge in [-0.3, -0.25) is 9.59 Å². The van der Waals surface area contributed by atoms with E-state index in [1.807, 2.05) is 31.2 Å². The average molecular weight is 344 g/mol. The van der Waals surface area contributed by atoms with Crippen LogP contribution in [0.15, 0.2) is 42.5 Å². The minimum absolute atomic E-state index is 0.272. The molecule has 1 fully saturated rings. The lowest BCUT2D eigenvalue weighted by Crippen LogP contribution is -2.46. The zero-order chi connectivity index (χ0) is 18.0. The largest absolute Gasteiger partial charge is 0.355 e. The third-order valence-corrected chi connectivity index (χ3v) is 4.40. The molecule has 0 spiro atoms. The minimum Gasteiger partial charge on any atom is -0.355 e. The van der Waals surface area contributed by atoms with Gasteiger partial charge in [-0.15, -0.1) is 0 Å². The van der Waals surface area contributed by atoms with E-state index in [0.717, 1.165) is 17.2 Å². The molecule has 0 aliphatic carbocycles. The number of hydrogen-bond donors (Lipinski definition) is 2. The summed E-state index contributed by atoms with van der Waals surface area (Å²) >= 11 is 0. The molecule has 0 bridgehead atoms. The fraction of sp³-hybridized carbons (Fsp3) is 0.263. The molecule has 0 aromatic heterocycles. The molecular weight excluding hydrogens is 326 g/mol. The van der Waals surface area contributed by atoms with Crippen molar-refractivity contribution < 1.29 is 18.4 Å². The van der Waals surface area contributed by atoms with E-state index < -0.39 is 29.4 Å². The van der Waals surface area contributed by atoms with Crippen molar-refractivity contribution in [3.8, 4) is 0 Å². The molecule has 1 aliphatic heterocycles. The first-order valence-corrected chi connectivity index (χ1v) is 8.06. The molecule has 3 rings (SSSR count). The Balaban J connectivity index is 1.89. The van der Waals surface area contributed by atoms with Gasteiger partial charge in [0.15, 0.2) is 11.6 Å². The van der Waals surface area contributed by atoms with E-state index in [4.69, 9.17) is 0 Å². The molecule has 2 atom stereocenters. The van der Waals surface area contributed by atoms with Crippen LogP contribution in [0.1, 0.15) is 23.5 Å². The highest BCUT2D eigenvalue weighted by molar-refractivity contribution is 6.07. The van der Waals surface area contributed by atoms with E-state index >= 15 is 0 Å². The van der Waals surface area contributed by atoms with Crippen LogP contribution in [-0.2, 0) is 9.59 Å². The molecule has 130 valence electrons. The molecule has 0 unspecified atom stereocenters. The summed E-state index contributed by atoms with van der Waals surface area (Å²) in [5, 5.41) is 5.02. The molecule has 1 saturated heterocycles. The van der Waals surface area contributed by atoms with E-state index in [0.29, 0.717) is 13.0 Å². The summed E-state index contributed by atoms with van der Waals surface area (Å²) in [7, 11) is 0. The van der Waals surface area contributed by atoms with Crippen molar-refractivity contribution in [2.75, 3.05) is 11.9 Å². The van der Waals surface area contributed by atoms with Crippen molar-refractivity contribution >= 4 is 17.5 Å². The zero-order valence-electron chi connectivity index (χ0n) is 13.7. The Hall–Kier alpha value is -2.76. The van der Waals surface area contributed by atoms with Crippen LogP contribution in [0.3, 0.4) is 0 Å². The Morgan fingerprint density at radius 2 is 1.96 bits per heavy atom. The van der Waals surface area contributed by atoms with Crippen molar-refractivity contribution in [2.24, 2.45) is 5.92 Å². The van der Waals surface area contributed by atoms with Gasteiger partial charge in [0, 0.05) is 12.5 Å². The van der Waals surface area contributed by atoms with Crippen LogP contribution in [0.25, 0.3) is 0 Å². The normalized spacial score (nSPS) is 20.0. The first-order valence-electron chi connectivity index (χ1n) is 8.06. The lowest BCUT2D eigenvalue weighted by Gasteiger charge is -2.30. The van der Waals surface area contributed by atoms with Gasteiger partial charge < -0.3 is 10.6 Å². The Kier molecular flexibility index (Phi) is 4.79. The molecule has 2 aromatic rings. The van der Waals surface area contributed by atoms with Crippen LogP contribution in [0.5, 0.6) is 0 Å². The molecule has 2 amide bonds. The van der Waals surface area contributed by atoms with Crippen LogP contribution in [0, 0.1) is 24.5 Å². The van der Waals surface area contributed by atoms with Gasteiger partial charge in [-0.25, -0.2) is 8.78 Å². The summed E-state index contributed by atoms with van der Waals surface area (Å²) in [4.78, 5) is 25.0. The van der Waals surface area contributed by atoms with Gasteiger partial charge in [0.2, 0.25) is 11.8 Å². The Bertz CT molecular complexity index is 823. The van der Waals surface area contributed by atoms with E-state index in [1.54, 1.807) is 0 Å². The predicted molar refractivity (Wildman–Crippen MR) is 90.0 cm³/mol. The molecular formula is C19H18F2N2O2. The van der Waals surface area contributed by atoms with E-state index in [2.05, 4.69) is 10.6 Å². The summed E-state index contributed by atoms with van der Waals surface area (Å²) in [6, 6.07) is 11.1. The van der Waals surface area contributed by atoms with E-state index in [1.165, 1.54) is 12.1 Å². The SMILES string of the molecule is Cc1cccc([C@H]2CCNC(=O)[C@@H]2C(=O)Nc2cccc(F)c2F)c1. The highest BCUT2D eigenvalue weighted by Gasteiger charge is 2.38. The Morgan fingerprint density at radius 3 is 2.72 bits per heavy atom. The highest BCUT2D eigenvalue weighted by Crippen LogP contribution is 2.32. The van der Waals surface area contributed by atoms with Gasteiger partial charge in [0.05, 0.1) is 5.69 Å². The van der Waals surface area contributed by atoms with Crippen molar-refractivity contribution in [1.29, 1.82) is 0 Å². The number of hydrogen-bond acceptors (Lipinski definition) is 2. The number of halogens is 2. The smallest absolute Gasteiger partial charge is 0.237 e. The van der Waals surface area contributed by atoms with Crippen molar-refractivity contribution in [1.82, 2.24) is 5.32 Å². The number of piperidine rings is 1. The lowest BCUT2D eigenvalue weighted by atomic mass is 9.79. The quantitative estimate of drug-likeness (QED) is 0.841. The number of rotatable bonds is 3. The van der Waals surface area contributed by atoms with Crippen molar-refractivity contribution in [3.05, 3.63) is 65.2 Å². The first kappa shape index (κ1) is 17.1. The van der Waals surface area contributed by atoms with Crippen LogP contribution in [-0.4, -0.2) is 18.4 Å². The highest BCUT2D eigenvalue weighted by atomic mass is 19.2. The standard InChI is InChI=1S/C19H18F2N2O2/c1-11-4-2-5-12(10-11)13-8-9-22-18(24)16(13)19(25)23-15-7-3-6-14(20)17(15)21/h2-7,10,13,16H,8-9H2,1H3,(H,22,24)(H,23,25)/t13-,16-/m1/s1. The molecule has 6 heteroatoms. The third-order valence-electron chi connectivity index (χ3n) is 4.40. The molecule has 0 saturated carbocycles. The van der Waals surface area contributed by atoms with Crippen LogP contribution in [0.4, 0.5) is 14.5 Å². The number of nitrogens with one attached hydrogen (secondary N) is 2. The monoisotopic (exact) mass is 344 g/mol. The van der Waals surface area contributed by atoms with E-state index in [9.17, 15) is 18.4 Å². The van der Waals surface area contributed by atoms with Crippen LogP contribution >= 0.6 is 0 Å². The van der Waals surface area contributed by atoms with Gasteiger partial charge in [-0.1, -0.05) is 35.9 Å². The topological polar surface area (TPSA) is 58.2 Å². The summed E-state index contributed by atoms with van der Waals surface area (Å²) in [6.45, 7) is 2.40. The molecule has 2 aromatic carbocycles. The Labute approximate surface area is 144 Å². The van der Waals surface area contributed by atoms with Gasteiger partial charge in [0.1, 0.15) is 5.92 Å². The maximum Gasteiger partial charge on any atom is 0.237 e. The van der Waals surface area contributed by atoms with Gasteiger partial charge in [0.25, 0.3) is 0 Å². The molecule has 0 radical (unpaired) electrons. The number of anilines is 1. The minimum atomic E-state index is -1.14. The molecule has 1 aliphatic rings. The lowest BCUT2D eigenvalue weighted by molar-refractivity contribution is -0.135. The van der Waals surface area contributed by atoms with E-state index in [-0.39, 0.29) is 11.6 Å². The van der Waals surface area contributed by atoms with Crippen molar-refractivity contribution in [2.45, 2.75) is 19.3 Å². The zero-order valence-corrected chi connectivity index (χ0v) is 13.7. The number of carbonyl (C=O) groups excluding carboxylic acids is 2. The summed E-state index contributed by atoms with van der Waals surface area (Å²) in [5.74, 6) is -4.57. The van der Waals surface area contributed by atoms with Crippen molar-refractivity contribution in [3.63, 3.8) is 0 Å². The third kappa shape index (κ3) is 3.52. The van der Waals surface area contributed by atoms with Gasteiger partial charge in [-0.05, 0) is 31.0 Å². The fourth-order valence-electron chi connectivity index (χ4n) is 3.18. The predicted octanol–water partition coefficient (Wildman–Crippen LogP) is 3.13. The fourth-order valence-corrected chi connectivity index (χ4v) is 3.18. The number of carbonyl (C=O) groups is 2. The molecule has 25 heavy (non-hydrogen) atoms. The maximum absolute atomic E-state index is 13.8. The van der Waals surface area contributed by atoms with Gasteiger partial charge >= 0.3 is 0 Å². The summed E-state index contributed by atoms with van der Waals surface area (Å²) < 4.78 is 27.1. The molecule has 1 heterocycles. The van der Waals surface area contributed by atoms with Crippen LogP contribution < -0.4 is 10.6 Å². The van der Waals surface area contributed by atoms with Crippen LogP contribution in [0.2, 0.25) is 0 Å². The second-order valence-corrected chi connectivity index (χ2v) is 6.17. The second-order valence-electron chi connectivity index (χ2n) is 6.17.